The van der Waals surface area contributed by atoms with Crippen LogP contribution in [0.15, 0.2) is 57.0 Å². The summed E-state index contributed by atoms with van der Waals surface area (Å²) in [6, 6.07) is 9.40. The van der Waals surface area contributed by atoms with Crippen LogP contribution in [0.3, 0.4) is 0 Å². The number of aromatic nitrogens is 3. The van der Waals surface area contributed by atoms with Crippen molar-refractivity contribution in [2.75, 3.05) is 29.0 Å². The van der Waals surface area contributed by atoms with Crippen molar-refractivity contribution in [1.29, 1.82) is 0 Å². The molecule has 1 aromatic carbocycles. The lowest BCUT2D eigenvalue weighted by Crippen LogP contribution is -2.42. The molecule has 1 amide bonds. The summed E-state index contributed by atoms with van der Waals surface area (Å²) in [5, 5.41) is 5.15. The molecule has 0 spiro atoms. The van der Waals surface area contributed by atoms with Crippen LogP contribution >= 0.6 is 11.3 Å². The van der Waals surface area contributed by atoms with E-state index in [4.69, 9.17) is 5.73 Å². The highest BCUT2D eigenvalue weighted by Gasteiger charge is 2.22. The number of nitrogens with one attached hydrogen (secondary N) is 2. The minimum atomic E-state index is -0.604. The summed E-state index contributed by atoms with van der Waals surface area (Å²) in [6.45, 7) is 2.39. The molecule has 2 aromatic heterocycles. The Balaban J connectivity index is 1.64. The first-order chi connectivity index (χ1) is 16.9. The second-order valence-electron chi connectivity index (χ2n) is 8.69. The fraction of sp³-hybridized carbons (Fsp3) is 0.360. The fourth-order valence-electron chi connectivity index (χ4n) is 4.23. The maximum Gasteiger partial charge on any atom is 0.330 e. The maximum absolute atomic E-state index is 13.0. The van der Waals surface area contributed by atoms with Gasteiger partial charge in [-0.2, -0.15) is 0 Å². The number of aryl methyl sites for hydroxylation is 1. The highest BCUT2D eigenvalue weighted by atomic mass is 32.1. The second-order valence-corrected chi connectivity index (χ2v) is 9.54. The van der Waals surface area contributed by atoms with Crippen molar-refractivity contribution < 1.29 is 4.79 Å². The molecule has 0 unspecified atom stereocenters. The molecular weight excluding hydrogens is 464 g/mol. The van der Waals surface area contributed by atoms with Crippen LogP contribution in [0.4, 0.5) is 16.6 Å². The molecule has 2 heterocycles. The summed E-state index contributed by atoms with van der Waals surface area (Å²) in [6.07, 6.45) is 7.33. The van der Waals surface area contributed by atoms with E-state index in [2.05, 4.69) is 21.4 Å². The Bertz CT molecular complexity index is 1320. The van der Waals surface area contributed by atoms with Crippen molar-refractivity contribution in [2.24, 2.45) is 0 Å². The van der Waals surface area contributed by atoms with Crippen molar-refractivity contribution >= 4 is 33.9 Å². The molecule has 0 atom stereocenters. The van der Waals surface area contributed by atoms with Gasteiger partial charge >= 0.3 is 5.69 Å². The monoisotopic (exact) mass is 494 g/mol. The summed E-state index contributed by atoms with van der Waals surface area (Å²) in [4.78, 5) is 46.8. The van der Waals surface area contributed by atoms with Crippen LogP contribution in [0, 0.1) is 6.92 Å². The quantitative estimate of drug-likeness (QED) is 0.392. The minimum absolute atomic E-state index is 0.0399. The van der Waals surface area contributed by atoms with E-state index >= 15 is 0 Å². The third-order valence-corrected chi connectivity index (χ3v) is 6.88. The molecule has 0 fully saturated rings. The molecule has 0 saturated carbocycles. The fourth-order valence-corrected chi connectivity index (χ4v) is 4.93. The smallest absolute Gasteiger partial charge is 0.330 e. The highest BCUT2D eigenvalue weighted by molar-refractivity contribution is 7.13. The van der Waals surface area contributed by atoms with Gasteiger partial charge in [0.1, 0.15) is 11.5 Å². The predicted octanol–water partition coefficient (Wildman–Crippen LogP) is 3.27. The van der Waals surface area contributed by atoms with Crippen LogP contribution in [0.2, 0.25) is 0 Å². The largest absolute Gasteiger partial charge is 0.383 e. The van der Waals surface area contributed by atoms with E-state index in [9.17, 15) is 14.4 Å². The molecule has 4 rings (SSSR count). The average Bonchev–Trinajstić information content (AvgIpc) is 3.25. The van der Waals surface area contributed by atoms with Gasteiger partial charge in [0.05, 0.1) is 18.8 Å². The molecular formula is C25H30N6O3S. The van der Waals surface area contributed by atoms with E-state index in [0.29, 0.717) is 18.1 Å². The molecule has 1 aliphatic rings. The van der Waals surface area contributed by atoms with Gasteiger partial charge in [-0.15, -0.1) is 11.3 Å². The maximum atomic E-state index is 13.0. The van der Waals surface area contributed by atoms with Gasteiger partial charge in [-0.05, 0) is 44.6 Å². The third kappa shape index (κ3) is 6.27. The van der Waals surface area contributed by atoms with Gasteiger partial charge in [-0.1, -0.05) is 42.0 Å². The van der Waals surface area contributed by atoms with E-state index in [1.165, 1.54) is 27.9 Å². The van der Waals surface area contributed by atoms with Gasteiger partial charge in [0.15, 0.2) is 5.13 Å². The number of nitrogen functional groups attached to an aromatic ring is 1. The van der Waals surface area contributed by atoms with Crippen LogP contribution in [-0.4, -0.2) is 33.5 Å². The average molecular weight is 495 g/mol. The lowest BCUT2D eigenvalue weighted by atomic mass is 9.97. The normalized spacial score (nSPS) is 13.3. The molecule has 35 heavy (non-hydrogen) atoms. The van der Waals surface area contributed by atoms with Crippen LogP contribution in [0.1, 0.15) is 43.4 Å². The molecule has 4 N–H and O–H groups in total. The SMILES string of the molecule is Cc1csc(NC(=O)CN(CCC2=CCCCC2)c2c(N)n(Cc3ccccc3)c(=O)[nH]c2=O)n1. The van der Waals surface area contributed by atoms with Gasteiger partial charge in [-0.25, -0.2) is 9.78 Å². The zero-order chi connectivity index (χ0) is 24.8. The number of rotatable bonds is 9. The van der Waals surface area contributed by atoms with Gasteiger partial charge in [0, 0.05) is 11.9 Å². The Hall–Kier alpha value is -3.66. The van der Waals surface area contributed by atoms with Crippen molar-refractivity contribution in [1.82, 2.24) is 14.5 Å². The van der Waals surface area contributed by atoms with E-state index in [1.807, 2.05) is 42.6 Å². The summed E-state index contributed by atoms with van der Waals surface area (Å²) < 4.78 is 1.33. The van der Waals surface area contributed by atoms with Crippen LogP contribution in [0.25, 0.3) is 0 Å². The first-order valence-electron chi connectivity index (χ1n) is 11.7. The minimum Gasteiger partial charge on any atom is -0.383 e. The number of anilines is 3. The van der Waals surface area contributed by atoms with Crippen LogP contribution in [-0.2, 0) is 11.3 Å². The molecule has 3 aromatic rings. The Labute approximate surface area is 207 Å². The summed E-state index contributed by atoms with van der Waals surface area (Å²) in [7, 11) is 0. The van der Waals surface area contributed by atoms with Crippen molar-refractivity contribution in [3.05, 3.63) is 79.5 Å². The van der Waals surface area contributed by atoms with Gasteiger partial charge < -0.3 is 16.0 Å². The number of H-pyrrole nitrogens is 1. The van der Waals surface area contributed by atoms with Crippen molar-refractivity contribution in [2.45, 2.75) is 45.6 Å². The number of aromatic amines is 1. The lowest BCUT2D eigenvalue weighted by Gasteiger charge is -2.26. The number of nitrogens with zero attached hydrogens (tertiary/aromatic N) is 3. The number of carbonyl (C=O) groups is 1. The number of hydrogen-bond acceptors (Lipinski definition) is 7. The van der Waals surface area contributed by atoms with Crippen LogP contribution in [0.5, 0.6) is 0 Å². The number of carbonyl (C=O) groups excluding carboxylic acids is 1. The highest BCUT2D eigenvalue weighted by Crippen LogP contribution is 2.23. The third-order valence-electron chi connectivity index (χ3n) is 6.00. The molecule has 9 nitrogen and oxygen atoms in total. The number of allylic oxidation sites excluding steroid dienone is 1. The van der Waals surface area contributed by atoms with Crippen LogP contribution < -0.4 is 27.2 Å². The first kappa shape index (κ1) is 24.5. The number of amides is 1. The Morgan fingerprint density at radius 3 is 2.74 bits per heavy atom. The molecule has 1 aliphatic carbocycles. The van der Waals surface area contributed by atoms with E-state index in [-0.39, 0.29) is 30.5 Å². The molecule has 0 radical (unpaired) electrons. The van der Waals surface area contributed by atoms with E-state index < -0.39 is 11.2 Å². The Kier molecular flexibility index (Phi) is 7.81. The van der Waals surface area contributed by atoms with Gasteiger partial charge in [0.25, 0.3) is 5.56 Å². The Morgan fingerprint density at radius 1 is 1.26 bits per heavy atom. The predicted molar refractivity (Wildman–Crippen MR) is 140 cm³/mol. The van der Waals surface area contributed by atoms with Gasteiger partial charge in [0.2, 0.25) is 5.91 Å². The number of thiazole rings is 1. The summed E-state index contributed by atoms with van der Waals surface area (Å²) in [5.74, 6) is -0.269. The standard InChI is InChI=1S/C25H30N6O3S/c1-17-16-35-24(27-17)28-20(32)15-30(13-12-18-8-4-2-5-9-18)21-22(26)31(25(34)29-23(21)33)14-19-10-6-3-7-11-19/h3,6-8,10-11,16H,2,4-5,9,12-15,26H2,1H3,(H,27,28,32)(H,29,33,34). The van der Waals surface area contributed by atoms with Crippen molar-refractivity contribution in [3.8, 4) is 0 Å². The lowest BCUT2D eigenvalue weighted by molar-refractivity contribution is -0.115. The van der Waals surface area contributed by atoms with Gasteiger partial charge in [-0.3, -0.25) is 19.1 Å². The topological polar surface area (TPSA) is 126 Å². The number of hydrogen-bond donors (Lipinski definition) is 3. The summed E-state index contributed by atoms with van der Waals surface area (Å²) >= 11 is 1.34. The summed E-state index contributed by atoms with van der Waals surface area (Å²) in [5.41, 5.74) is 8.36. The molecule has 0 saturated heterocycles. The molecule has 0 aliphatic heterocycles. The first-order valence-corrected chi connectivity index (χ1v) is 12.6. The molecule has 0 bridgehead atoms. The zero-order valence-corrected chi connectivity index (χ0v) is 20.6. The molecule has 184 valence electrons. The molecule has 10 heteroatoms. The second kappa shape index (κ2) is 11.2. The Morgan fingerprint density at radius 2 is 2.06 bits per heavy atom. The van der Waals surface area contributed by atoms with E-state index in [1.54, 1.807) is 4.90 Å². The number of nitrogens with two attached hydrogens (primary N) is 1. The van der Waals surface area contributed by atoms with Crippen molar-refractivity contribution in [3.63, 3.8) is 0 Å². The number of benzene rings is 1. The van der Waals surface area contributed by atoms with E-state index in [0.717, 1.165) is 30.5 Å². The zero-order valence-electron chi connectivity index (χ0n) is 19.8.